The van der Waals surface area contributed by atoms with Crippen LogP contribution in [0.3, 0.4) is 0 Å². The van der Waals surface area contributed by atoms with E-state index in [1.54, 1.807) is 18.3 Å². The SMILES string of the molecule is FC(F)(F)c1ccc(Nc2nc(COC3CCOCC3)nc3cc(-c4ncccc4Cl)ccc23)cc1. The molecule has 1 aliphatic rings. The molecule has 0 unspecified atom stereocenters. The summed E-state index contributed by atoms with van der Waals surface area (Å²) in [5.74, 6) is 0.914. The van der Waals surface area contributed by atoms with E-state index in [-0.39, 0.29) is 12.7 Å². The lowest BCUT2D eigenvalue weighted by atomic mass is 10.1. The van der Waals surface area contributed by atoms with Crippen LogP contribution >= 0.6 is 11.6 Å². The number of pyridine rings is 1. The Bertz CT molecular complexity index is 1360. The maximum absolute atomic E-state index is 13.0. The summed E-state index contributed by atoms with van der Waals surface area (Å²) >= 11 is 6.34. The summed E-state index contributed by atoms with van der Waals surface area (Å²) in [5.41, 5.74) is 1.78. The van der Waals surface area contributed by atoms with Crippen molar-refractivity contribution in [3.8, 4) is 11.3 Å². The van der Waals surface area contributed by atoms with Crippen LogP contribution in [0, 0.1) is 0 Å². The highest BCUT2D eigenvalue weighted by Crippen LogP contribution is 2.33. The third-order valence-corrected chi connectivity index (χ3v) is 6.17. The van der Waals surface area contributed by atoms with Gasteiger partial charge < -0.3 is 14.8 Å². The first-order valence-electron chi connectivity index (χ1n) is 11.4. The molecule has 0 aliphatic carbocycles. The lowest BCUT2D eigenvalue weighted by molar-refractivity contribution is -0.137. The summed E-state index contributed by atoms with van der Waals surface area (Å²) in [4.78, 5) is 13.7. The zero-order chi connectivity index (χ0) is 25.1. The molecule has 1 fully saturated rings. The molecule has 0 amide bonds. The Hall–Kier alpha value is -3.27. The maximum atomic E-state index is 13.0. The van der Waals surface area contributed by atoms with Crippen molar-refractivity contribution in [3.63, 3.8) is 0 Å². The minimum atomic E-state index is -4.40. The number of fused-ring (bicyclic) bond motifs is 1. The van der Waals surface area contributed by atoms with Crippen LogP contribution in [0.2, 0.25) is 5.02 Å². The fourth-order valence-corrected chi connectivity index (χ4v) is 4.23. The molecule has 186 valence electrons. The first-order chi connectivity index (χ1) is 17.4. The van der Waals surface area contributed by atoms with Gasteiger partial charge in [-0.05, 0) is 61.4 Å². The second kappa shape index (κ2) is 10.4. The minimum absolute atomic E-state index is 0.0584. The molecule has 0 spiro atoms. The zero-order valence-corrected chi connectivity index (χ0v) is 19.8. The molecule has 0 radical (unpaired) electrons. The van der Waals surface area contributed by atoms with Gasteiger partial charge in [-0.15, -0.1) is 0 Å². The predicted octanol–water partition coefficient (Wildman–Crippen LogP) is 6.80. The van der Waals surface area contributed by atoms with Gasteiger partial charge in [-0.25, -0.2) is 9.97 Å². The molecule has 6 nitrogen and oxygen atoms in total. The number of ether oxygens (including phenoxy) is 2. The second-order valence-electron chi connectivity index (χ2n) is 8.38. The standard InChI is InChI=1S/C26H22ClF3N4O2/c27-21-2-1-11-31-24(21)16-3-8-20-22(14-16)33-23(15-36-19-9-12-35-13-10-19)34-25(20)32-18-6-4-17(5-7-18)26(28,29)30/h1-8,11,14,19H,9-10,12-13,15H2,(H,32,33,34). The van der Waals surface area contributed by atoms with Gasteiger partial charge in [0.25, 0.3) is 0 Å². The van der Waals surface area contributed by atoms with Crippen LogP contribution in [0.1, 0.15) is 24.2 Å². The number of nitrogens with zero attached hydrogens (tertiary/aromatic N) is 3. The Kier molecular flexibility index (Phi) is 7.04. The summed E-state index contributed by atoms with van der Waals surface area (Å²) in [6, 6.07) is 13.9. The van der Waals surface area contributed by atoms with E-state index in [9.17, 15) is 13.2 Å². The van der Waals surface area contributed by atoms with Crippen molar-refractivity contribution in [2.45, 2.75) is 31.7 Å². The number of aromatic nitrogens is 3. The van der Waals surface area contributed by atoms with Crippen LogP contribution in [0.15, 0.2) is 60.8 Å². The van der Waals surface area contributed by atoms with E-state index in [0.29, 0.717) is 52.2 Å². The summed E-state index contributed by atoms with van der Waals surface area (Å²) in [6.45, 7) is 1.49. The van der Waals surface area contributed by atoms with Crippen molar-refractivity contribution in [1.29, 1.82) is 0 Å². The highest BCUT2D eigenvalue weighted by Gasteiger charge is 2.30. The van der Waals surface area contributed by atoms with Gasteiger partial charge in [-0.1, -0.05) is 17.7 Å². The normalized spacial score (nSPS) is 14.8. The number of nitrogens with one attached hydrogen (secondary N) is 1. The third kappa shape index (κ3) is 5.59. The van der Waals surface area contributed by atoms with Gasteiger partial charge >= 0.3 is 6.18 Å². The number of halogens is 4. The van der Waals surface area contributed by atoms with Crippen molar-refractivity contribution >= 4 is 34.0 Å². The van der Waals surface area contributed by atoms with Crippen LogP contribution < -0.4 is 5.32 Å². The number of hydrogen-bond acceptors (Lipinski definition) is 6. The summed E-state index contributed by atoms with van der Waals surface area (Å²) in [7, 11) is 0. The van der Waals surface area contributed by atoms with E-state index < -0.39 is 11.7 Å². The molecular formula is C26H22ClF3N4O2. The van der Waals surface area contributed by atoms with Crippen molar-refractivity contribution in [2.24, 2.45) is 0 Å². The van der Waals surface area contributed by atoms with Gasteiger partial charge in [-0.3, -0.25) is 4.98 Å². The van der Waals surface area contributed by atoms with E-state index in [2.05, 4.69) is 15.3 Å². The summed E-state index contributed by atoms with van der Waals surface area (Å²) < 4.78 is 50.3. The van der Waals surface area contributed by atoms with Gasteiger partial charge in [0.1, 0.15) is 12.4 Å². The Labute approximate surface area is 210 Å². The number of benzene rings is 2. The number of rotatable bonds is 6. The lowest BCUT2D eigenvalue weighted by Crippen LogP contribution is -2.23. The molecule has 1 N–H and O–H groups in total. The molecule has 4 aromatic rings. The molecule has 0 bridgehead atoms. The maximum Gasteiger partial charge on any atom is 0.416 e. The van der Waals surface area contributed by atoms with Gasteiger partial charge in [0.15, 0.2) is 5.82 Å². The van der Waals surface area contributed by atoms with Crippen LogP contribution in [0.4, 0.5) is 24.7 Å². The van der Waals surface area contributed by atoms with Crippen LogP contribution in [0.5, 0.6) is 0 Å². The lowest BCUT2D eigenvalue weighted by Gasteiger charge is -2.22. The van der Waals surface area contributed by atoms with E-state index in [0.717, 1.165) is 30.5 Å². The topological polar surface area (TPSA) is 69.2 Å². The quantitative estimate of drug-likeness (QED) is 0.305. The molecule has 5 rings (SSSR count). The first kappa shape index (κ1) is 24.4. The Morgan fingerprint density at radius 1 is 1.03 bits per heavy atom. The zero-order valence-electron chi connectivity index (χ0n) is 19.1. The Morgan fingerprint density at radius 3 is 2.53 bits per heavy atom. The number of anilines is 2. The molecule has 1 aliphatic heterocycles. The fourth-order valence-electron chi connectivity index (χ4n) is 4.00. The van der Waals surface area contributed by atoms with Gasteiger partial charge in [0.05, 0.1) is 27.9 Å². The molecule has 2 aromatic heterocycles. The van der Waals surface area contributed by atoms with Gasteiger partial charge in [-0.2, -0.15) is 13.2 Å². The molecule has 2 aromatic carbocycles. The average molecular weight is 515 g/mol. The Balaban J connectivity index is 1.50. The van der Waals surface area contributed by atoms with Gasteiger partial charge in [0, 0.05) is 36.0 Å². The summed E-state index contributed by atoms with van der Waals surface area (Å²) in [6.07, 6.45) is -1.09. The van der Waals surface area contributed by atoms with E-state index in [1.807, 2.05) is 18.2 Å². The van der Waals surface area contributed by atoms with Crippen molar-refractivity contribution in [1.82, 2.24) is 15.0 Å². The highest BCUT2D eigenvalue weighted by molar-refractivity contribution is 6.33. The van der Waals surface area contributed by atoms with Crippen LogP contribution in [0.25, 0.3) is 22.2 Å². The smallest absolute Gasteiger partial charge is 0.381 e. The van der Waals surface area contributed by atoms with Gasteiger partial charge in [0.2, 0.25) is 0 Å². The Morgan fingerprint density at radius 2 is 1.81 bits per heavy atom. The number of hydrogen-bond donors (Lipinski definition) is 1. The molecule has 0 atom stereocenters. The largest absolute Gasteiger partial charge is 0.416 e. The van der Waals surface area contributed by atoms with Crippen LogP contribution in [-0.2, 0) is 22.3 Å². The molecule has 1 saturated heterocycles. The van der Waals surface area contributed by atoms with E-state index >= 15 is 0 Å². The van der Waals surface area contributed by atoms with Crippen LogP contribution in [-0.4, -0.2) is 34.3 Å². The van der Waals surface area contributed by atoms with E-state index in [4.69, 9.17) is 26.1 Å². The molecular weight excluding hydrogens is 493 g/mol. The molecule has 0 saturated carbocycles. The fraction of sp³-hybridized carbons (Fsp3) is 0.269. The molecule has 36 heavy (non-hydrogen) atoms. The second-order valence-corrected chi connectivity index (χ2v) is 8.78. The van der Waals surface area contributed by atoms with E-state index in [1.165, 1.54) is 12.1 Å². The minimum Gasteiger partial charge on any atom is -0.381 e. The predicted molar refractivity (Wildman–Crippen MR) is 131 cm³/mol. The number of alkyl halides is 3. The van der Waals surface area contributed by atoms with Crippen molar-refractivity contribution < 1.29 is 22.6 Å². The monoisotopic (exact) mass is 514 g/mol. The highest BCUT2D eigenvalue weighted by atomic mass is 35.5. The summed E-state index contributed by atoms with van der Waals surface area (Å²) in [5, 5.41) is 4.34. The van der Waals surface area contributed by atoms with Crippen molar-refractivity contribution in [3.05, 3.63) is 77.2 Å². The average Bonchev–Trinajstić information content (AvgIpc) is 2.88. The first-order valence-corrected chi connectivity index (χ1v) is 11.8. The molecule has 3 heterocycles. The van der Waals surface area contributed by atoms with Crippen molar-refractivity contribution in [2.75, 3.05) is 18.5 Å². The third-order valence-electron chi connectivity index (χ3n) is 5.87. The molecule has 10 heteroatoms.